The van der Waals surface area contributed by atoms with Crippen LogP contribution in [-0.4, -0.2) is 16.2 Å². The third-order valence-corrected chi connectivity index (χ3v) is 6.48. The molecule has 0 aliphatic rings. The minimum absolute atomic E-state index is 0.223. The largest absolute Gasteiger partial charge is 0.492 e. The Morgan fingerprint density at radius 2 is 1.90 bits per heavy atom. The molecule has 0 saturated heterocycles. The van der Waals surface area contributed by atoms with E-state index in [0.29, 0.717) is 33.6 Å². The molecule has 4 rings (SSSR count). The lowest BCUT2D eigenvalue weighted by Gasteiger charge is -2.08. The van der Waals surface area contributed by atoms with Crippen molar-refractivity contribution in [1.82, 2.24) is 9.55 Å². The molecule has 0 fully saturated rings. The average Bonchev–Trinajstić information content (AvgIpc) is 3.20. The van der Waals surface area contributed by atoms with Crippen LogP contribution in [0.5, 0.6) is 5.75 Å². The molecular formula is C23H20Cl2N2O2S. The maximum absolute atomic E-state index is 12.4. The third-order valence-electron chi connectivity index (χ3n) is 4.77. The van der Waals surface area contributed by atoms with Crippen LogP contribution in [0.25, 0.3) is 20.7 Å². The van der Waals surface area contributed by atoms with Crippen molar-refractivity contribution in [1.29, 1.82) is 0 Å². The number of halogens is 2. The van der Waals surface area contributed by atoms with Crippen LogP contribution in [0.2, 0.25) is 10.0 Å². The van der Waals surface area contributed by atoms with Crippen LogP contribution in [0.3, 0.4) is 0 Å². The minimum atomic E-state index is -0.223. The van der Waals surface area contributed by atoms with E-state index in [0.717, 1.165) is 34.4 Å². The Bertz CT molecular complexity index is 1230. The van der Waals surface area contributed by atoms with E-state index < -0.39 is 0 Å². The van der Waals surface area contributed by atoms with Crippen LogP contribution < -0.4 is 10.3 Å². The van der Waals surface area contributed by atoms with E-state index >= 15 is 0 Å². The van der Waals surface area contributed by atoms with Gasteiger partial charge in [0.2, 0.25) is 0 Å². The van der Waals surface area contributed by atoms with Crippen molar-refractivity contribution in [2.24, 2.45) is 0 Å². The lowest BCUT2D eigenvalue weighted by molar-refractivity contribution is 0.309. The van der Waals surface area contributed by atoms with E-state index in [1.54, 1.807) is 6.33 Å². The van der Waals surface area contributed by atoms with E-state index in [2.05, 4.69) is 11.9 Å². The van der Waals surface area contributed by atoms with E-state index in [1.807, 2.05) is 53.1 Å². The number of hydrogen-bond donors (Lipinski definition) is 0. The van der Waals surface area contributed by atoms with Gasteiger partial charge in [-0.1, -0.05) is 48.7 Å². The highest BCUT2D eigenvalue weighted by molar-refractivity contribution is 7.22. The number of hydrogen-bond acceptors (Lipinski definition) is 4. The van der Waals surface area contributed by atoms with Crippen LogP contribution >= 0.6 is 34.5 Å². The molecule has 0 bridgehead atoms. The smallest absolute Gasteiger partial charge is 0.290 e. The van der Waals surface area contributed by atoms with Crippen LogP contribution in [0.4, 0.5) is 0 Å². The summed E-state index contributed by atoms with van der Waals surface area (Å²) in [5, 5.41) is 1.26. The van der Waals surface area contributed by atoms with Gasteiger partial charge in [-0.2, -0.15) is 4.98 Å². The second kappa shape index (κ2) is 9.21. The summed E-state index contributed by atoms with van der Waals surface area (Å²) < 4.78 is 8.34. The van der Waals surface area contributed by atoms with Gasteiger partial charge in [-0.25, -0.2) is 0 Å². The highest BCUT2D eigenvalue weighted by atomic mass is 35.5. The Labute approximate surface area is 188 Å². The number of rotatable bonds is 7. The lowest BCUT2D eigenvalue weighted by atomic mass is 10.1. The van der Waals surface area contributed by atoms with Gasteiger partial charge in [-0.3, -0.25) is 4.79 Å². The fourth-order valence-corrected chi connectivity index (χ4v) is 4.56. The van der Waals surface area contributed by atoms with Gasteiger partial charge >= 0.3 is 0 Å². The topological polar surface area (TPSA) is 44.1 Å². The van der Waals surface area contributed by atoms with Crippen LogP contribution in [0, 0.1) is 0 Å². The zero-order valence-corrected chi connectivity index (χ0v) is 18.7. The summed E-state index contributed by atoms with van der Waals surface area (Å²) in [6.07, 6.45) is 3.65. The summed E-state index contributed by atoms with van der Waals surface area (Å²) in [6.45, 7) is 3.37. The maximum atomic E-state index is 12.4. The summed E-state index contributed by atoms with van der Waals surface area (Å²) in [6, 6.07) is 15.4. The van der Waals surface area contributed by atoms with Gasteiger partial charge < -0.3 is 9.30 Å². The first-order chi connectivity index (χ1) is 14.5. The molecule has 2 heterocycles. The van der Waals surface area contributed by atoms with Crippen molar-refractivity contribution >= 4 is 44.8 Å². The molecule has 0 N–H and O–H groups in total. The van der Waals surface area contributed by atoms with Gasteiger partial charge in [0.25, 0.3) is 5.56 Å². The number of fused-ring (bicyclic) bond motifs is 1. The molecule has 0 spiro atoms. The number of nitrogens with zero attached hydrogens (tertiary/aromatic N) is 2. The quantitative estimate of drug-likeness (QED) is 0.290. The number of benzene rings is 2. The number of ether oxygens (including phenoxy) is 1. The van der Waals surface area contributed by atoms with E-state index in [4.69, 9.17) is 27.9 Å². The zero-order valence-electron chi connectivity index (χ0n) is 16.4. The molecule has 0 saturated carbocycles. The molecule has 4 aromatic rings. The van der Waals surface area contributed by atoms with Crippen molar-refractivity contribution in [3.8, 4) is 16.2 Å². The molecule has 30 heavy (non-hydrogen) atoms. The Morgan fingerprint density at radius 3 is 2.63 bits per heavy atom. The molecule has 4 nitrogen and oxygen atoms in total. The van der Waals surface area contributed by atoms with E-state index in [9.17, 15) is 4.79 Å². The molecule has 0 aliphatic heterocycles. The summed E-state index contributed by atoms with van der Waals surface area (Å²) in [7, 11) is 0. The van der Waals surface area contributed by atoms with E-state index in [-0.39, 0.29) is 5.56 Å². The number of thiophene rings is 1. The Balaban J connectivity index is 1.67. The average molecular weight is 459 g/mol. The summed E-state index contributed by atoms with van der Waals surface area (Å²) >= 11 is 13.8. The minimum Gasteiger partial charge on any atom is -0.492 e. The predicted octanol–water partition coefficient (Wildman–Crippen LogP) is 6.66. The second-order valence-corrected chi connectivity index (χ2v) is 8.87. The molecule has 2 aromatic heterocycles. The highest BCUT2D eigenvalue weighted by Crippen LogP contribution is 2.36. The number of aromatic nitrogens is 2. The first-order valence-electron chi connectivity index (χ1n) is 9.71. The van der Waals surface area contributed by atoms with Crippen LogP contribution in [0.1, 0.15) is 25.3 Å². The second-order valence-electron chi connectivity index (χ2n) is 6.98. The molecule has 0 unspecified atom stereocenters. The van der Waals surface area contributed by atoms with Crippen molar-refractivity contribution < 1.29 is 4.74 Å². The first kappa shape index (κ1) is 20.9. The molecule has 7 heteroatoms. The summed E-state index contributed by atoms with van der Waals surface area (Å²) in [5.41, 5.74) is 2.65. The Kier molecular flexibility index (Phi) is 6.42. The number of unbranched alkanes of at least 4 members (excludes halogenated alkanes) is 1. The van der Waals surface area contributed by atoms with Crippen molar-refractivity contribution in [3.63, 3.8) is 0 Å². The standard InChI is InChI=1S/C23H20Cl2N2O2S/c1-2-3-10-29-20-9-6-16(11-18(20)25)21-12-19-22(30-21)23(28)26-14-27(19)13-15-4-7-17(24)8-5-15/h4-9,11-12,14H,2-3,10,13H2,1H3. The Hall–Kier alpha value is -2.34. The SMILES string of the molecule is CCCCOc1ccc(-c2cc3c(s2)c(=O)ncn3Cc2ccc(Cl)cc2)cc1Cl. The summed E-state index contributed by atoms with van der Waals surface area (Å²) in [5.74, 6) is 0.680. The fraction of sp³-hybridized carbons (Fsp3) is 0.217. The monoisotopic (exact) mass is 458 g/mol. The third kappa shape index (κ3) is 4.53. The zero-order chi connectivity index (χ0) is 21.1. The molecular weight excluding hydrogens is 439 g/mol. The van der Waals surface area contributed by atoms with Gasteiger partial charge in [-0.15, -0.1) is 11.3 Å². The molecule has 0 aliphatic carbocycles. The first-order valence-corrected chi connectivity index (χ1v) is 11.3. The van der Waals surface area contributed by atoms with Gasteiger partial charge in [0, 0.05) is 16.4 Å². The van der Waals surface area contributed by atoms with Crippen molar-refractivity contribution in [3.05, 3.63) is 80.8 Å². The Morgan fingerprint density at radius 1 is 1.10 bits per heavy atom. The van der Waals surface area contributed by atoms with Gasteiger partial charge in [0.1, 0.15) is 10.4 Å². The molecule has 0 amide bonds. The highest BCUT2D eigenvalue weighted by Gasteiger charge is 2.13. The van der Waals surface area contributed by atoms with Gasteiger partial charge in [0.05, 0.1) is 23.5 Å². The summed E-state index contributed by atoms with van der Waals surface area (Å²) in [4.78, 5) is 17.4. The molecule has 0 radical (unpaired) electrons. The molecule has 0 atom stereocenters. The predicted molar refractivity (Wildman–Crippen MR) is 125 cm³/mol. The molecule has 154 valence electrons. The normalized spacial score (nSPS) is 11.2. The molecule has 2 aromatic carbocycles. The van der Waals surface area contributed by atoms with E-state index in [1.165, 1.54) is 11.3 Å². The van der Waals surface area contributed by atoms with Gasteiger partial charge in [0.15, 0.2) is 0 Å². The lowest BCUT2D eigenvalue weighted by Crippen LogP contribution is -2.11. The van der Waals surface area contributed by atoms with Crippen molar-refractivity contribution in [2.45, 2.75) is 26.3 Å². The fourth-order valence-electron chi connectivity index (χ4n) is 3.14. The van der Waals surface area contributed by atoms with Crippen molar-refractivity contribution in [2.75, 3.05) is 6.61 Å². The van der Waals surface area contributed by atoms with Crippen LogP contribution in [0.15, 0.2) is 59.7 Å². The maximum Gasteiger partial charge on any atom is 0.290 e. The van der Waals surface area contributed by atoms with Gasteiger partial charge in [-0.05, 0) is 53.9 Å². The van der Waals surface area contributed by atoms with Crippen LogP contribution in [-0.2, 0) is 6.54 Å².